The van der Waals surface area contributed by atoms with Crippen molar-refractivity contribution in [3.05, 3.63) is 11.1 Å². The largest absolute Gasteiger partial charge is 0.365 e. The van der Waals surface area contributed by atoms with E-state index < -0.39 is 0 Å². The summed E-state index contributed by atoms with van der Waals surface area (Å²) in [4.78, 5) is 33.3. The number of hydrogen-bond donors (Lipinski definition) is 1. The van der Waals surface area contributed by atoms with Gasteiger partial charge in [-0.1, -0.05) is 13.3 Å². The molecule has 0 unspecified atom stereocenters. The monoisotopic (exact) mass is 350 g/mol. The number of hydrogen-bond acceptors (Lipinski definition) is 5. The van der Waals surface area contributed by atoms with Crippen molar-refractivity contribution in [2.24, 2.45) is 5.92 Å². The molecule has 2 aliphatic heterocycles. The molecule has 0 spiro atoms. The molecule has 24 heavy (non-hydrogen) atoms. The first-order valence-corrected chi connectivity index (χ1v) is 9.74. The zero-order chi connectivity index (χ0) is 17.1. The summed E-state index contributed by atoms with van der Waals surface area (Å²) < 4.78 is 0. The van der Waals surface area contributed by atoms with Gasteiger partial charge in [0, 0.05) is 44.5 Å². The number of piperidine rings is 2. The lowest BCUT2D eigenvalue weighted by Crippen LogP contribution is -2.57. The van der Waals surface area contributed by atoms with Crippen molar-refractivity contribution in [3.63, 3.8) is 0 Å². The molecule has 2 saturated heterocycles. The minimum atomic E-state index is 0.0169. The second-order valence-electron chi connectivity index (χ2n) is 6.63. The maximum Gasteiger partial charge on any atom is 0.273 e. The van der Waals surface area contributed by atoms with Gasteiger partial charge < -0.3 is 15.1 Å². The van der Waals surface area contributed by atoms with Crippen molar-refractivity contribution in [1.29, 1.82) is 0 Å². The standard InChI is InChI=1S/C17H26N4O2S/c1-3-4-8-21-14-7-9-20(10-12(14)5-6-15(21)22)16(23)13-11-24-17(18-2)19-13/h11-12,14H,3-10H2,1-2H3,(H,18,19)/t12-,14+/m0/s1. The van der Waals surface area contributed by atoms with Gasteiger partial charge in [-0.2, -0.15) is 0 Å². The third-order valence-corrected chi connectivity index (χ3v) is 5.98. The molecule has 6 nitrogen and oxygen atoms in total. The summed E-state index contributed by atoms with van der Waals surface area (Å²) in [6, 6.07) is 0.310. The normalized spacial score (nSPS) is 24.0. The Hall–Kier alpha value is -1.63. The van der Waals surface area contributed by atoms with Crippen molar-refractivity contribution in [2.75, 3.05) is 32.0 Å². The smallest absolute Gasteiger partial charge is 0.273 e. The number of likely N-dealkylation sites (tertiary alicyclic amines) is 2. The Morgan fingerprint density at radius 1 is 1.46 bits per heavy atom. The van der Waals surface area contributed by atoms with E-state index in [4.69, 9.17) is 0 Å². The molecule has 2 fully saturated rings. The highest BCUT2D eigenvalue weighted by Crippen LogP contribution is 2.32. The average molecular weight is 350 g/mol. The lowest BCUT2D eigenvalue weighted by atomic mass is 9.83. The first-order chi connectivity index (χ1) is 11.6. The van der Waals surface area contributed by atoms with Crippen LogP contribution in [-0.2, 0) is 4.79 Å². The van der Waals surface area contributed by atoms with E-state index in [0.717, 1.165) is 43.9 Å². The summed E-state index contributed by atoms with van der Waals surface area (Å²) in [5.74, 6) is 0.713. The number of amides is 2. The second kappa shape index (κ2) is 7.51. The van der Waals surface area contributed by atoms with E-state index in [2.05, 4.69) is 22.1 Å². The van der Waals surface area contributed by atoms with Crippen LogP contribution >= 0.6 is 11.3 Å². The number of thiazole rings is 1. The topological polar surface area (TPSA) is 65.5 Å². The molecule has 7 heteroatoms. The molecule has 3 rings (SSSR count). The van der Waals surface area contributed by atoms with Crippen LogP contribution in [0.4, 0.5) is 5.13 Å². The van der Waals surface area contributed by atoms with Gasteiger partial charge in [0.1, 0.15) is 5.69 Å². The SMILES string of the molecule is CCCCN1C(=O)CC[C@H]2CN(C(=O)c3csc(NC)n3)CC[C@H]21. The van der Waals surface area contributed by atoms with Crippen molar-refractivity contribution >= 4 is 28.3 Å². The van der Waals surface area contributed by atoms with Crippen molar-refractivity contribution < 1.29 is 9.59 Å². The van der Waals surface area contributed by atoms with Gasteiger partial charge in [-0.25, -0.2) is 4.98 Å². The fourth-order valence-corrected chi connectivity index (χ4v) is 4.45. The first-order valence-electron chi connectivity index (χ1n) is 8.86. The van der Waals surface area contributed by atoms with Crippen LogP contribution in [0.3, 0.4) is 0 Å². The van der Waals surface area contributed by atoms with Gasteiger partial charge in [-0.05, 0) is 25.2 Å². The maximum absolute atomic E-state index is 12.7. The van der Waals surface area contributed by atoms with Crippen LogP contribution in [0, 0.1) is 5.92 Å². The molecule has 132 valence electrons. The molecule has 2 aliphatic rings. The van der Waals surface area contributed by atoms with Gasteiger partial charge in [0.25, 0.3) is 5.91 Å². The molecule has 2 amide bonds. The summed E-state index contributed by atoms with van der Waals surface area (Å²) in [5, 5.41) is 5.56. The number of rotatable bonds is 5. The van der Waals surface area contributed by atoms with Crippen LogP contribution in [0.1, 0.15) is 49.5 Å². The number of nitrogens with one attached hydrogen (secondary N) is 1. The minimum Gasteiger partial charge on any atom is -0.365 e. The van der Waals surface area contributed by atoms with E-state index in [1.165, 1.54) is 11.3 Å². The molecule has 3 heterocycles. The number of carbonyl (C=O) groups excluding carboxylic acids is 2. The van der Waals surface area contributed by atoms with Gasteiger partial charge in [-0.3, -0.25) is 9.59 Å². The number of fused-ring (bicyclic) bond motifs is 1. The Balaban J connectivity index is 1.66. The Kier molecular flexibility index (Phi) is 5.38. The molecular formula is C17H26N4O2S. The molecule has 1 aromatic heterocycles. The van der Waals surface area contributed by atoms with Crippen molar-refractivity contribution in [3.8, 4) is 0 Å². The molecule has 1 N–H and O–H groups in total. The molecule has 0 aromatic carbocycles. The summed E-state index contributed by atoms with van der Waals surface area (Å²) in [6.45, 7) is 4.47. The van der Waals surface area contributed by atoms with Crippen molar-refractivity contribution in [1.82, 2.24) is 14.8 Å². The Labute approximate surface area is 147 Å². The fraction of sp³-hybridized carbons (Fsp3) is 0.706. The van der Waals surface area contributed by atoms with Crippen LogP contribution in [-0.4, -0.2) is 59.3 Å². The average Bonchev–Trinajstić information content (AvgIpc) is 3.09. The highest BCUT2D eigenvalue weighted by atomic mass is 32.1. The summed E-state index contributed by atoms with van der Waals surface area (Å²) in [6.07, 6.45) is 4.56. The second-order valence-corrected chi connectivity index (χ2v) is 7.49. The predicted octanol–water partition coefficient (Wildman–Crippen LogP) is 2.44. The number of aromatic nitrogens is 1. The van der Waals surface area contributed by atoms with E-state index >= 15 is 0 Å². The van der Waals surface area contributed by atoms with Crippen LogP contribution in [0.15, 0.2) is 5.38 Å². The van der Waals surface area contributed by atoms with E-state index in [0.29, 0.717) is 36.5 Å². The first kappa shape index (κ1) is 17.2. The highest BCUT2D eigenvalue weighted by molar-refractivity contribution is 7.13. The van der Waals surface area contributed by atoms with Crippen LogP contribution < -0.4 is 5.32 Å². The van der Waals surface area contributed by atoms with E-state index in [-0.39, 0.29) is 5.91 Å². The lowest BCUT2D eigenvalue weighted by Gasteiger charge is -2.47. The Morgan fingerprint density at radius 2 is 2.29 bits per heavy atom. The summed E-state index contributed by atoms with van der Waals surface area (Å²) >= 11 is 1.45. The molecule has 0 radical (unpaired) electrons. The maximum atomic E-state index is 12.7. The number of carbonyl (C=O) groups is 2. The fourth-order valence-electron chi connectivity index (χ4n) is 3.80. The zero-order valence-corrected chi connectivity index (χ0v) is 15.3. The van der Waals surface area contributed by atoms with Crippen LogP contribution in [0.5, 0.6) is 0 Å². The molecule has 0 aliphatic carbocycles. The van der Waals surface area contributed by atoms with Gasteiger partial charge >= 0.3 is 0 Å². The van der Waals surface area contributed by atoms with Gasteiger partial charge in [0.15, 0.2) is 5.13 Å². The number of unbranched alkanes of at least 4 members (excludes halogenated alkanes) is 1. The third-order valence-electron chi connectivity index (χ3n) is 5.12. The van der Waals surface area contributed by atoms with Crippen LogP contribution in [0.2, 0.25) is 0 Å². The third kappa shape index (κ3) is 3.41. The number of anilines is 1. The summed E-state index contributed by atoms with van der Waals surface area (Å²) in [7, 11) is 1.81. The molecule has 0 bridgehead atoms. The quantitative estimate of drug-likeness (QED) is 0.886. The molecule has 1 aromatic rings. The Bertz CT molecular complexity index is 603. The van der Waals surface area contributed by atoms with Gasteiger partial charge in [0.05, 0.1) is 0 Å². The zero-order valence-electron chi connectivity index (χ0n) is 14.5. The van der Waals surface area contributed by atoms with Crippen LogP contribution in [0.25, 0.3) is 0 Å². The highest BCUT2D eigenvalue weighted by Gasteiger charge is 2.40. The Morgan fingerprint density at radius 3 is 3.00 bits per heavy atom. The van der Waals surface area contributed by atoms with Gasteiger partial charge in [-0.15, -0.1) is 11.3 Å². The molecule has 0 saturated carbocycles. The van der Waals surface area contributed by atoms with Gasteiger partial charge in [0.2, 0.25) is 5.91 Å². The predicted molar refractivity (Wildman–Crippen MR) is 95.3 cm³/mol. The van der Waals surface area contributed by atoms with Crippen molar-refractivity contribution in [2.45, 2.75) is 45.1 Å². The van der Waals surface area contributed by atoms with E-state index in [9.17, 15) is 9.59 Å². The molecular weight excluding hydrogens is 324 g/mol. The van der Waals surface area contributed by atoms with E-state index in [1.807, 2.05) is 17.3 Å². The minimum absolute atomic E-state index is 0.0169. The lowest BCUT2D eigenvalue weighted by molar-refractivity contribution is -0.140. The molecule has 2 atom stereocenters. The summed E-state index contributed by atoms with van der Waals surface area (Å²) in [5.41, 5.74) is 0.525. The number of nitrogens with zero attached hydrogens (tertiary/aromatic N) is 3. The van der Waals surface area contributed by atoms with E-state index in [1.54, 1.807) is 0 Å².